The number of hydrogen-bond acceptors (Lipinski definition) is 9. The van der Waals surface area contributed by atoms with Gasteiger partial charge in [-0.3, -0.25) is 19.5 Å². The standard InChI is InChI=1S/C23H31N7O5S/c1-4-10-36(25,35)22-27-19(24)18-20(28-22)29(13-15-8-6-5-7-9-15)23(34)30(18)17(31)12-26-16(21(32)33)11-14(2)3/h5-9,14,16,25-26H,4,10-13H2,1-3H3,(H,32,33)(H2,24,27,28)/t16-,36?/m0/s1. The maximum absolute atomic E-state index is 13.4. The molecule has 1 aromatic carbocycles. The summed E-state index contributed by atoms with van der Waals surface area (Å²) in [7, 11) is -3.37. The van der Waals surface area contributed by atoms with Gasteiger partial charge in [-0.05, 0) is 24.3 Å². The lowest BCUT2D eigenvalue weighted by Crippen LogP contribution is -2.43. The highest BCUT2D eigenvalue weighted by molar-refractivity contribution is 7.92. The number of nitrogen functional groups attached to an aromatic ring is 1. The Labute approximate surface area is 208 Å². The van der Waals surface area contributed by atoms with Crippen LogP contribution in [0, 0.1) is 10.7 Å². The van der Waals surface area contributed by atoms with Gasteiger partial charge in [-0.25, -0.2) is 23.3 Å². The third-order valence-corrected chi connectivity index (χ3v) is 7.25. The number of rotatable bonds is 11. The van der Waals surface area contributed by atoms with E-state index in [1.807, 2.05) is 19.9 Å². The monoisotopic (exact) mass is 517 g/mol. The van der Waals surface area contributed by atoms with Gasteiger partial charge in [0.05, 0.1) is 13.1 Å². The molecular weight excluding hydrogens is 486 g/mol. The highest BCUT2D eigenvalue weighted by Crippen LogP contribution is 2.21. The van der Waals surface area contributed by atoms with Gasteiger partial charge in [-0.2, -0.15) is 4.98 Å². The Morgan fingerprint density at radius 2 is 1.89 bits per heavy atom. The predicted octanol–water partition coefficient (Wildman–Crippen LogP) is 1.77. The zero-order chi connectivity index (χ0) is 26.6. The molecule has 2 aromatic heterocycles. The number of anilines is 1. The second-order valence-electron chi connectivity index (χ2n) is 8.93. The van der Waals surface area contributed by atoms with Crippen LogP contribution in [0.3, 0.4) is 0 Å². The van der Waals surface area contributed by atoms with Gasteiger partial charge in [-0.1, -0.05) is 51.1 Å². The first kappa shape index (κ1) is 27.0. The van der Waals surface area contributed by atoms with E-state index in [0.717, 1.165) is 10.1 Å². The number of nitrogens with zero attached hydrogens (tertiary/aromatic N) is 4. The summed E-state index contributed by atoms with van der Waals surface area (Å²) in [6, 6.07) is 8.00. The molecule has 0 aliphatic carbocycles. The van der Waals surface area contributed by atoms with Gasteiger partial charge in [0.15, 0.2) is 11.5 Å². The SMILES string of the molecule is CCCS(=N)(=O)c1nc(N)c2c(n1)n(Cc1ccccc1)c(=O)n2C(=O)CN[C@@H](CC(C)C)C(=O)O. The molecule has 0 aliphatic heterocycles. The Kier molecular flexibility index (Phi) is 8.25. The minimum Gasteiger partial charge on any atom is -0.480 e. The molecule has 13 heteroatoms. The van der Waals surface area contributed by atoms with E-state index in [2.05, 4.69) is 15.3 Å². The van der Waals surface area contributed by atoms with E-state index >= 15 is 0 Å². The Morgan fingerprint density at radius 3 is 2.47 bits per heavy atom. The summed E-state index contributed by atoms with van der Waals surface area (Å²) in [6.45, 7) is 5.09. The molecule has 194 valence electrons. The lowest BCUT2D eigenvalue weighted by atomic mass is 10.0. The lowest BCUT2D eigenvalue weighted by molar-refractivity contribution is -0.139. The van der Waals surface area contributed by atoms with Crippen molar-refractivity contribution in [2.45, 2.75) is 51.4 Å². The molecule has 0 saturated carbocycles. The van der Waals surface area contributed by atoms with Gasteiger partial charge in [0, 0.05) is 5.75 Å². The van der Waals surface area contributed by atoms with Crippen LogP contribution < -0.4 is 16.7 Å². The molecule has 12 nitrogen and oxygen atoms in total. The molecule has 0 bridgehead atoms. The van der Waals surface area contributed by atoms with E-state index in [0.29, 0.717) is 6.42 Å². The van der Waals surface area contributed by atoms with Gasteiger partial charge in [-0.15, -0.1) is 0 Å². The largest absolute Gasteiger partial charge is 0.480 e. The number of carboxylic acid groups (broad SMARTS) is 1. The molecule has 0 spiro atoms. The van der Waals surface area contributed by atoms with Crippen LogP contribution in [0.5, 0.6) is 0 Å². The average Bonchev–Trinajstić information content (AvgIpc) is 3.08. The Balaban J connectivity index is 2.14. The van der Waals surface area contributed by atoms with Crippen molar-refractivity contribution in [3.05, 3.63) is 46.4 Å². The molecule has 3 rings (SSSR count). The van der Waals surface area contributed by atoms with Gasteiger partial charge in [0.1, 0.15) is 21.3 Å². The molecule has 36 heavy (non-hydrogen) atoms. The summed E-state index contributed by atoms with van der Waals surface area (Å²) in [6.07, 6.45) is 0.740. The van der Waals surface area contributed by atoms with Crippen molar-refractivity contribution < 1.29 is 18.9 Å². The molecule has 0 amide bonds. The number of fused-ring (bicyclic) bond motifs is 1. The van der Waals surface area contributed by atoms with Crippen LogP contribution in [0.2, 0.25) is 0 Å². The minimum atomic E-state index is -3.37. The average molecular weight is 518 g/mol. The molecular formula is C23H31N7O5S. The van der Waals surface area contributed by atoms with Crippen LogP contribution in [-0.2, 0) is 21.1 Å². The van der Waals surface area contributed by atoms with E-state index in [1.165, 1.54) is 4.57 Å². The lowest BCUT2D eigenvalue weighted by Gasteiger charge is -2.16. The first-order chi connectivity index (χ1) is 17.0. The van der Waals surface area contributed by atoms with Crippen LogP contribution in [0.25, 0.3) is 11.2 Å². The fourth-order valence-corrected chi connectivity index (χ4v) is 5.08. The summed E-state index contributed by atoms with van der Waals surface area (Å²) >= 11 is 0. The fourth-order valence-electron chi connectivity index (χ4n) is 3.85. The number of hydrogen-bond donors (Lipinski definition) is 4. The number of nitrogens with two attached hydrogens (primary N) is 1. The van der Waals surface area contributed by atoms with Crippen LogP contribution in [0.15, 0.2) is 40.3 Å². The molecule has 5 N–H and O–H groups in total. The topological polar surface area (TPSA) is 186 Å². The number of nitrogens with one attached hydrogen (secondary N) is 2. The summed E-state index contributed by atoms with van der Waals surface area (Å²) in [5, 5.41) is 11.9. The first-order valence-electron chi connectivity index (χ1n) is 11.5. The molecule has 0 saturated heterocycles. The normalized spacial score (nSPS) is 14.1. The van der Waals surface area contributed by atoms with Crippen LogP contribution in [-0.4, -0.2) is 58.6 Å². The number of imidazole rings is 1. The Bertz CT molecular complexity index is 1430. The summed E-state index contributed by atoms with van der Waals surface area (Å²) in [5.74, 6) is -2.04. The minimum absolute atomic E-state index is 0.0108. The molecule has 0 aliphatic rings. The van der Waals surface area contributed by atoms with Crippen LogP contribution in [0.1, 0.15) is 44.0 Å². The quantitative estimate of drug-likeness (QED) is 0.275. The fraction of sp³-hybridized carbons (Fsp3) is 0.435. The van der Waals surface area contributed by atoms with Gasteiger partial charge in [0.2, 0.25) is 11.1 Å². The third-order valence-electron chi connectivity index (χ3n) is 5.50. The highest BCUT2D eigenvalue weighted by Gasteiger charge is 2.27. The van der Waals surface area contributed by atoms with Gasteiger partial charge < -0.3 is 10.8 Å². The number of carbonyl (C=O) groups excluding carboxylic acids is 1. The number of aromatic nitrogens is 4. The van der Waals surface area contributed by atoms with Crippen molar-refractivity contribution in [3.8, 4) is 0 Å². The third kappa shape index (κ3) is 5.79. The summed E-state index contributed by atoms with van der Waals surface area (Å²) in [4.78, 5) is 46.5. The molecule has 3 aromatic rings. The molecule has 2 heterocycles. The van der Waals surface area contributed by atoms with Crippen molar-refractivity contribution >= 4 is 38.6 Å². The smallest absolute Gasteiger partial charge is 0.337 e. The van der Waals surface area contributed by atoms with Crippen molar-refractivity contribution in [1.82, 2.24) is 24.4 Å². The maximum atomic E-state index is 13.4. The number of carbonyl (C=O) groups is 2. The van der Waals surface area contributed by atoms with E-state index < -0.39 is 39.9 Å². The summed E-state index contributed by atoms with van der Waals surface area (Å²) in [5.41, 5.74) is 6.03. The van der Waals surface area contributed by atoms with E-state index in [-0.39, 0.29) is 46.8 Å². The second kappa shape index (κ2) is 11.0. The molecule has 1 unspecified atom stereocenters. The maximum Gasteiger partial charge on any atom is 0.337 e. The summed E-state index contributed by atoms with van der Waals surface area (Å²) < 4.78 is 23.1. The Morgan fingerprint density at radius 1 is 1.22 bits per heavy atom. The number of aliphatic carboxylic acids is 1. The van der Waals surface area contributed by atoms with E-state index in [4.69, 9.17) is 10.5 Å². The van der Waals surface area contributed by atoms with Crippen molar-refractivity contribution in [2.75, 3.05) is 18.0 Å². The zero-order valence-corrected chi connectivity index (χ0v) is 21.2. The van der Waals surface area contributed by atoms with Gasteiger partial charge >= 0.3 is 11.7 Å². The van der Waals surface area contributed by atoms with Crippen molar-refractivity contribution in [2.24, 2.45) is 5.92 Å². The van der Waals surface area contributed by atoms with Crippen molar-refractivity contribution in [1.29, 1.82) is 4.78 Å². The number of carboxylic acids is 1. The van der Waals surface area contributed by atoms with E-state index in [1.54, 1.807) is 31.2 Å². The van der Waals surface area contributed by atoms with E-state index in [9.17, 15) is 23.7 Å². The Hall–Kier alpha value is -3.58. The molecule has 2 atom stereocenters. The first-order valence-corrected chi connectivity index (χ1v) is 13.3. The molecule has 0 radical (unpaired) electrons. The van der Waals surface area contributed by atoms with Crippen LogP contribution in [0.4, 0.5) is 5.82 Å². The number of benzene rings is 1. The molecule has 0 fully saturated rings. The van der Waals surface area contributed by atoms with Gasteiger partial charge in [0.25, 0.3) is 0 Å². The zero-order valence-electron chi connectivity index (χ0n) is 20.4. The highest BCUT2D eigenvalue weighted by atomic mass is 32.2. The van der Waals surface area contributed by atoms with Crippen molar-refractivity contribution in [3.63, 3.8) is 0 Å². The second-order valence-corrected chi connectivity index (χ2v) is 11.1. The predicted molar refractivity (Wildman–Crippen MR) is 136 cm³/mol. The van der Waals surface area contributed by atoms with Crippen LogP contribution >= 0.6 is 0 Å².